The lowest BCUT2D eigenvalue weighted by atomic mass is 10.3. The molecule has 0 aliphatic carbocycles. The number of benzene rings is 1. The molecule has 0 fully saturated rings. The van der Waals surface area contributed by atoms with Crippen molar-refractivity contribution in [3.05, 3.63) is 46.5 Å². The van der Waals surface area contributed by atoms with Crippen molar-refractivity contribution in [3.63, 3.8) is 0 Å². The van der Waals surface area contributed by atoms with E-state index in [1.807, 2.05) is 0 Å². The van der Waals surface area contributed by atoms with Crippen LogP contribution in [0.2, 0.25) is 5.02 Å². The fourth-order valence-electron chi connectivity index (χ4n) is 1.62. The molecule has 5 nitrogen and oxygen atoms in total. The van der Waals surface area contributed by atoms with Crippen LogP contribution in [0.25, 0.3) is 5.69 Å². The second kappa shape index (κ2) is 5.38. The maximum absolute atomic E-state index is 13.1. The first-order chi connectivity index (χ1) is 9.02. The molecule has 1 heterocycles. The van der Waals surface area contributed by atoms with Crippen LogP contribution in [0.3, 0.4) is 0 Å². The topological polar surface area (TPSA) is 64.3 Å². The lowest BCUT2D eigenvalue weighted by Gasteiger charge is -2.07. The van der Waals surface area contributed by atoms with Gasteiger partial charge in [0.05, 0.1) is 23.0 Å². The van der Waals surface area contributed by atoms with Crippen LogP contribution in [0.15, 0.2) is 24.3 Å². The molecule has 0 aliphatic heterocycles. The Bertz CT molecular complexity index is 627. The molecule has 0 unspecified atom stereocenters. The van der Waals surface area contributed by atoms with Crippen LogP contribution in [0.1, 0.15) is 16.2 Å². The number of hydrogen-bond acceptors (Lipinski definition) is 3. The van der Waals surface area contributed by atoms with Crippen molar-refractivity contribution in [3.8, 4) is 5.69 Å². The fraction of sp³-hybridized carbons (Fsp3) is 0.167. The predicted octanol–water partition coefficient (Wildman–Crippen LogP) is 2.51. The molecule has 0 spiro atoms. The molecule has 0 atom stereocenters. The molecular formula is C12H10ClFN2O3. The van der Waals surface area contributed by atoms with Crippen LogP contribution in [0.4, 0.5) is 4.39 Å². The van der Waals surface area contributed by atoms with E-state index in [-0.39, 0.29) is 17.3 Å². The molecule has 0 saturated carbocycles. The van der Waals surface area contributed by atoms with Crippen LogP contribution in [-0.2, 0) is 11.3 Å². The van der Waals surface area contributed by atoms with E-state index < -0.39 is 11.8 Å². The third-order valence-electron chi connectivity index (χ3n) is 2.44. The Labute approximate surface area is 113 Å². The number of carboxylic acids is 1. The lowest BCUT2D eigenvalue weighted by Crippen LogP contribution is -2.04. The van der Waals surface area contributed by atoms with Gasteiger partial charge in [-0.1, -0.05) is 11.6 Å². The van der Waals surface area contributed by atoms with Gasteiger partial charge >= 0.3 is 5.97 Å². The summed E-state index contributed by atoms with van der Waals surface area (Å²) in [7, 11) is 1.48. The summed E-state index contributed by atoms with van der Waals surface area (Å²) >= 11 is 5.70. The van der Waals surface area contributed by atoms with Gasteiger partial charge in [0.2, 0.25) is 0 Å². The number of carboxylic acid groups (broad SMARTS) is 1. The Morgan fingerprint density at radius 1 is 1.53 bits per heavy atom. The average Bonchev–Trinajstić information content (AvgIpc) is 2.77. The smallest absolute Gasteiger partial charge is 0.356 e. The highest BCUT2D eigenvalue weighted by Gasteiger charge is 2.15. The summed E-state index contributed by atoms with van der Waals surface area (Å²) in [4.78, 5) is 10.9. The number of rotatable bonds is 4. The van der Waals surface area contributed by atoms with Crippen LogP contribution in [0.5, 0.6) is 0 Å². The van der Waals surface area contributed by atoms with Crippen molar-refractivity contribution >= 4 is 17.6 Å². The van der Waals surface area contributed by atoms with Gasteiger partial charge in [-0.2, -0.15) is 5.10 Å². The fourth-order valence-corrected chi connectivity index (χ4v) is 1.79. The van der Waals surface area contributed by atoms with Crippen molar-refractivity contribution in [2.24, 2.45) is 0 Å². The summed E-state index contributed by atoms with van der Waals surface area (Å²) in [5, 5.41) is 12.8. The number of halogens is 2. The molecule has 0 bridgehead atoms. The van der Waals surface area contributed by atoms with Gasteiger partial charge in [-0.3, -0.25) is 0 Å². The Hall–Kier alpha value is -1.92. The molecule has 0 aliphatic rings. The minimum absolute atomic E-state index is 0.0618. The highest BCUT2D eigenvalue weighted by molar-refractivity contribution is 6.30. The first-order valence-electron chi connectivity index (χ1n) is 5.29. The third kappa shape index (κ3) is 2.74. The number of nitrogens with zero attached hydrogens (tertiary/aromatic N) is 2. The van der Waals surface area contributed by atoms with Crippen molar-refractivity contribution < 1.29 is 19.0 Å². The summed E-state index contributed by atoms with van der Waals surface area (Å²) in [5.41, 5.74) is 0.876. The number of aromatic carboxylic acids is 1. The van der Waals surface area contributed by atoms with E-state index in [1.54, 1.807) is 0 Å². The van der Waals surface area contributed by atoms with Gasteiger partial charge in [0, 0.05) is 7.11 Å². The van der Waals surface area contributed by atoms with Crippen molar-refractivity contribution in [2.75, 3.05) is 7.11 Å². The van der Waals surface area contributed by atoms with Crippen LogP contribution >= 0.6 is 11.6 Å². The number of carbonyl (C=O) groups is 1. The first kappa shape index (κ1) is 13.5. The Morgan fingerprint density at radius 2 is 2.26 bits per heavy atom. The lowest BCUT2D eigenvalue weighted by molar-refractivity contribution is 0.0690. The molecule has 2 aromatic rings. The second-order valence-corrected chi connectivity index (χ2v) is 4.18. The van der Waals surface area contributed by atoms with E-state index >= 15 is 0 Å². The van der Waals surface area contributed by atoms with Crippen molar-refractivity contribution in [1.29, 1.82) is 0 Å². The maximum atomic E-state index is 13.1. The summed E-state index contributed by atoms with van der Waals surface area (Å²) in [6, 6.07) is 5.41. The number of ether oxygens (including phenoxy) is 1. The molecule has 1 aromatic carbocycles. The zero-order valence-corrected chi connectivity index (χ0v) is 10.7. The van der Waals surface area contributed by atoms with Gasteiger partial charge < -0.3 is 9.84 Å². The Morgan fingerprint density at radius 3 is 2.84 bits per heavy atom. The highest BCUT2D eigenvalue weighted by atomic mass is 35.5. The standard InChI is InChI=1S/C12H10ClFN2O3/c1-19-6-8-5-11(12(17)18)15-16(8)7-2-3-10(14)9(13)4-7/h2-5H,6H2,1H3,(H,17,18). The normalized spacial score (nSPS) is 10.7. The molecule has 2 rings (SSSR count). The summed E-state index contributed by atoms with van der Waals surface area (Å²) in [5.74, 6) is -1.70. The van der Waals surface area contributed by atoms with Gasteiger partial charge in [-0.25, -0.2) is 13.9 Å². The number of methoxy groups -OCH3 is 1. The van der Waals surface area contributed by atoms with Crippen LogP contribution in [-0.4, -0.2) is 28.0 Å². The molecule has 7 heteroatoms. The van der Waals surface area contributed by atoms with Gasteiger partial charge in [0.15, 0.2) is 5.69 Å². The average molecular weight is 285 g/mol. The van der Waals surface area contributed by atoms with Crippen LogP contribution in [0, 0.1) is 5.82 Å². The summed E-state index contributed by atoms with van der Waals surface area (Å²) < 4.78 is 19.5. The molecule has 100 valence electrons. The van der Waals surface area contributed by atoms with Gasteiger partial charge in [-0.05, 0) is 24.3 Å². The SMILES string of the molecule is COCc1cc(C(=O)O)nn1-c1ccc(F)c(Cl)c1. The van der Waals surface area contributed by atoms with E-state index in [1.165, 1.54) is 36.1 Å². The quantitative estimate of drug-likeness (QED) is 0.937. The largest absolute Gasteiger partial charge is 0.476 e. The summed E-state index contributed by atoms with van der Waals surface area (Å²) in [6.45, 7) is 0.176. The zero-order valence-electron chi connectivity index (χ0n) is 9.93. The molecule has 19 heavy (non-hydrogen) atoms. The Balaban J connectivity index is 2.52. The van der Waals surface area contributed by atoms with Gasteiger partial charge in [0.1, 0.15) is 5.82 Å². The molecule has 0 radical (unpaired) electrons. The van der Waals surface area contributed by atoms with Gasteiger partial charge in [-0.15, -0.1) is 0 Å². The van der Waals surface area contributed by atoms with Crippen molar-refractivity contribution in [1.82, 2.24) is 9.78 Å². The minimum Gasteiger partial charge on any atom is -0.476 e. The molecular weight excluding hydrogens is 275 g/mol. The van der Waals surface area contributed by atoms with E-state index in [0.29, 0.717) is 11.4 Å². The zero-order chi connectivity index (χ0) is 14.0. The van der Waals surface area contributed by atoms with E-state index in [0.717, 1.165) is 0 Å². The minimum atomic E-state index is -1.15. The Kier molecular flexibility index (Phi) is 3.82. The van der Waals surface area contributed by atoms with Crippen LogP contribution < -0.4 is 0 Å². The third-order valence-corrected chi connectivity index (χ3v) is 2.73. The van der Waals surface area contributed by atoms with E-state index in [4.69, 9.17) is 21.4 Å². The molecule has 1 aromatic heterocycles. The van der Waals surface area contributed by atoms with E-state index in [9.17, 15) is 9.18 Å². The molecule has 1 N–H and O–H groups in total. The van der Waals surface area contributed by atoms with Crippen molar-refractivity contribution in [2.45, 2.75) is 6.61 Å². The number of hydrogen-bond donors (Lipinski definition) is 1. The highest BCUT2D eigenvalue weighted by Crippen LogP contribution is 2.20. The first-order valence-corrected chi connectivity index (χ1v) is 5.67. The van der Waals surface area contributed by atoms with E-state index in [2.05, 4.69) is 5.10 Å². The molecule has 0 saturated heterocycles. The monoisotopic (exact) mass is 284 g/mol. The second-order valence-electron chi connectivity index (χ2n) is 3.77. The number of aromatic nitrogens is 2. The predicted molar refractivity (Wildman–Crippen MR) is 66.2 cm³/mol. The van der Waals surface area contributed by atoms with Gasteiger partial charge in [0.25, 0.3) is 0 Å². The molecule has 0 amide bonds. The summed E-state index contributed by atoms with van der Waals surface area (Å²) in [6.07, 6.45) is 0. The maximum Gasteiger partial charge on any atom is 0.356 e.